The van der Waals surface area contributed by atoms with Gasteiger partial charge in [0.05, 0.1) is 5.02 Å². The summed E-state index contributed by atoms with van der Waals surface area (Å²) in [5, 5.41) is 15.3. The predicted molar refractivity (Wildman–Crippen MR) is 118 cm³/mol. The van der Waals surface area contributed by atoms with Gasteiger partial charge >= 0.3 is 0 Å². The van der Waals surface area contributed by atoms with E-state index >= 15 is 0 Å². The molecule has 0 fully saturated rings. The summed E-state index contributed by atoms with van der Waals surface area (Å²) >= 11 is 13.7. The second-order valence-corrected chi connectivity index (χ2v) is 7.60. The number of aliphatic hydroxyl groups excluding tert-OH is 1. The van der Waals surface area contributed by atoms with Crippen molar-refractivity contribution >= 4 is 63.1 Å². The van der Waals surface area contributed by atoms with Crippen LogP contribution in [0.3, 0.4) is 0 Å². The number of thiocarbonyl (C=S) groups is 1. The van der Waals surface area contributed by atoms with Crippen molar-refractivity contribution in [2.24, 2.45) is 0 Å². The number of carbonyl (C=O) groups excluding carboxylic acids is 1. The molecular formula is C19H14ClIN2O3S. The van der Waals surface area contributed by atoms with Crippen LogP contribution in [0, 0.1) is 3.57 Å². The van der Waals surface area contributed by atoms with Crippen molar-refractivity contribution in [3.8, 4) is 11.3 Å². The number of nitrogens with one attached hydrogen (secondary N) is 2. The Morgan fingerprint density at radius 2 is 2.00 bits per heavy atom. The quantitative estimate of drug-likeness (QED) is 0.345. The fraction of sp³-hybridized carbons (Fsp3) is 0.0526. The molecule has 0 unspecified atom stereocenters. The van der Waals surface area contributed by atoms with E-state index < -0.39 is 0 Å². The lowest BCUT2D eigenvalue weighted by Gasteiger charge is -2.11. The molecule has 3 rings (SSSR count). The van der Waals surface area contributed by atoms with Crippen molar-refractivity contribution in [1.29, 1.82) is 0 Å². The third-order valence-corrected chi connectivity index (χ3v) is 4.81. The van der Waals surface area contributed by atoms with Crippen molar-refractivity contribution in [2.75, 3.05) is 5.32 Å². The highest BCUT2D eigenvalue weighted by Gasteiger charge is 2.11. The Labute approximate surface area is 179 Å². The van der Waals surface area contributed by atoms with E-state index in [1.807, 2.05) is 12.1 Å². The van der Waals surface area contributed by atoms with Crippen LogP contribution in [0.1, 0.15) is 16.1 Å². The zero-order valence-electron chi connectivity index (χ0n) is 13.8. The molecule has 138 valence electrons. The van der Waals surface area contributed by atoms with Crippen molar-refractivity contribution in [2.45, 2.75) is 6.61 Å². The zero-order valence-corrected chi connectivity index (χ0v) is 17.6. The van der Waals surface area contributed by atoms with E-state index in [4.69, 9.17) is 33.3 Å². The standard InChI is InChI=1S/C19H14ClIN2O3S/c20-16-9-13(4-6-15(16)17-7-5-14(10-24)26-17)22-19(27)23-18(25)11-2-1-3-12(21)8-11/h1-9,24H,10H2,(H2,22,23,25,27). The van der Waals surface area contributed by atoms with Gasteiger partial charge in [-0.15, -0.1) is 0 Å². The summed E-state index contributed by atoms with van der Waals surface area (Å²) < 4.78 is 6.46. The van der Waals surface area contributed by atoms with Gasteiger partial charge in [-0.3, -0.25) is 10.1 Å². The van der Waals surface area contributed by atoms with Crippen LogP contribution in [0.25, 0.3) is 11.3 Å². The maximum atomic E-state index is 12.2. The SMILES string of the molecule is O=C(NC(=S)Nc1ccc(-c2ccc(CO)o2)c(Cl)c1)c1cccc(I)c1. The van der Waals surface area contributed by atoms with E-state index in [0.717, 1.165) is 3.57 Å². The van der Waals surface area contributed by atoms with Crippen LogP contribution in [0.2, 0.25) is 5.02 Å². The van der Waals surface area contributed by atoms with Gasteiger partial charge in [0, 0.05) is 20.4 Å². The number of carbonyl (C=O) groups is 1. The first-order valence-corrected chi connectivity index (χ1v) is 9.70. The molecule has 1 amide bonds. The van der Waals surface area contributed by atoms with Crippen molar-refractivity contribution in [3.63, 3.8) is 0 Å². The number of furan rings is 1. The summed E-state index contributed by atoms with van der Waals surface area (Å²) in [6.07, 6.45) is 0. The van der Waals surface area contributed by atoms with Gasteiger partial charge in [-0.1, -0.05) is 17.7 Å². The lowest BCUT2D eigenvalue weighted by Crippen LogP contribution is -2.34. The molecule has 0 saturated carbocycles. The molecule has 0 saturated heterocycles. The molecular weight excluding hydrogens is 499 g/mol. The largest absolute Gasteiger partial charge is 0.459 e. The molecule has 0 aliphatic heterocycles. The third kappa shape index (κ3) is 5.07. The van der Waals surface area contributed by atoms with Crippen LogP contribution in [0.5, 0.6) is 0 Å². The van der Waals surface area contributed by atoms with Crippen LogP contribution in [0.4, 0.5) is 5.69 Å². The van der Waals surface area contributed by atoms with Gasteiger partial charge in [0.2, 0.25) is 0 Å². The maximum Gasteiger partial charge on any atom is 0.257 e. The number of amides is 1. The first-order valence-electron chi connectivity index (χ1n) is 7.83. The second-order valence-electron chi connectivity index (χ2n) is 5.54. The summed E-state index contributed by atoms with van der Waals surface area (Å²) in [6.45, 7) is -0.175. The first kappa shape index (κ1) is 19.8. The average molecular weight is 513 g/mol. The summed E-state index contributed by atoms with van der Waals surface area (Å²) in [5.74, 6) is 0.730. The Bertz CT molecular complexity index is 1010. The Balaban J connectivity index is 1.67. The molecule has 0 bridgehead atoms. The fourth-order valence-electron chi connectivity index (χ4n) is 2.37. The smallest absolute Gasteiger partial charge is 0.257 e. The Morgan fingerprint density at radius 1 is 1.19 bits per heavy atom. The average Bonchev–Trinajstić information content (AvgIpc) is 3.10. The monoisotopic (exact) mass is 512 g/mol. The molecule has 1 aromatic heterocycles. The molecule has 2 aromatic carbocycles. The minimum Gasteiger partial charge on any atom is -0.459 e. The van der Waals surface area contributed by atoms with Crippen LogP contribution in [-0.4, -0.2) is 16.1 Å². The number of anilines is 1. The van der Waals surface area contributed by atoms with Gasteiger partial charge in [-0.05, 0) is 83.3 Å². The predicted octanol–water partition coefficient (Wildman–Crippen LogP) is 4.82. The highest BCUT2D eigenvalue weighted by atomic mass is 127. The molecule has 0 aliphatic rings. The Kier molecular flexibility index (Phi) is 6.48. The Hall–Kier alpha value is -1.94. The molecule has 0 aliphatic carbocycles. The van der Waals surface area contributed by atoms with Crippen LogP contribution < -0.4 is 10.6 Å². The van der Waals surface area contributed by atoms with E-state index in [-0.39, 0.29) is 17.6 Å². The molecule has 3 aromatic rings. The normalized spacial score (nSPS) is 10.5. The van der Waals surface area contributed by atoms with Crippen molar-refractivity contribution < 1.29 is 14.3 Å². The molecule has 3 N–H and O–H groups in total. The lowest BCUT2D eigenvalue weighted by atomic mass is 10.1. The van der Waals surface area contributed by atoms with Crippen molar-refractivity contribution in [1.82, 2.24) is 5.32 Å². The maximum absolute atomic E-state index is 12.2. The number of rotatable bonds is 4. The Morgan fingerprint density at radius 3 is 2.67 bits per heavy atom. The minimum absolute atomic E-state index is 0.170. The molecule has 0 radical (unpaired) electrons. The molecule has 0 atom stereocenters. The fourth-order valence-corrected chi connectivity index (χ4v) is 3.40. The molecule has 27 heavy (non-hydrogen) atoms. The van der Waals surface area contributed by atoms with Gasteiger partial charge in [0.1, 0.15) is 18.1 Å². The van der Waals surface area contributed by atoms with Crippen LogP contribution in [-0.2, 0) is 6.61 Å². The number of halogens is 2. The van der Waals surface area contributed by atoms with E-state index in [9.17, 15) is 4.79 Å². The molecule has 1 heterocycles. The van der Waals surface area contributed by atoms with E-state index in [1.54, 1.807) is 42.5 Å². The van der Waals surface area contributed by atoms with Gasteiger partial charge in [-0.2, -0.15) is 0 Å². The van der Waals surface area contributed by atoms with E-state index in [0.29, 0.717) is 33.4 Å². The summed E-state index contributed by atoms with van der Waals surface area (Å²) in [7, 11) is 0. The lowest BCUT2D eigenvalue weighted by molar-refractivity contribution is 0.0977. The van der Waals surface area contributed by atoms with Gasteiger partial charge < -0.3 is 14.8 Å². The van der Waals surface area contributed by atoms with Gasteiger partial charge in [-0.25, -0.2) is 0 Å². The molecule has 5 nitrogen and oxygen atoms in total. The van der Waals surface area contributed by atoms with Crippen LogP contribution >= 0.6 is 46.4 Å². The molecule has 0 spiro atoms. The van der Waals surface area contributed by atoms with E-state index in [1.165, 1.54) is 0 Å². The zero-order chi connectivity index (χ0) is 19.4. The second kappa shape index (κ2) is 8.83. The van der Waals surface area contributed by atoms with Gasteiger partial charge in [0.25, 0.3) is 5.91 Å². The third-order valence-electron chi connectivity index (χ3n) is 3.62. The highest BCUT2D eigenvalue weighted by molar-refractivity contribution is 14.1. The van der Waals surface area contributed by atoms with Crippen LogP contribution in [0.15, 0.2) is 59.0 Å². The van der Waals surface area contributed by atoms with Gasteiger partial charge in [0.15, 0.2) is 5.11 Å². The minimum atomic E-state index is -0.291. The van der Waals surface area contributed by atoms with Crippen molar-refractivity contribution in [3.05, 3.63) is 74.5 Å². The first-order chi connectivity index (χ1) is 13.0. The summed E-state index contributed by atoms with van der Waals surface area (Å²) in [4.78, 5) is 12.2. The number of hydrogen-bond acceptors (Lipinski definition) is 4. The highest BCUT2D eigenvalue weighted by Crippen LogP contribution is 2.31. The number of hydrogen-bond donors (Lipinski definition) is 3. The molecule has 8 heteroatoms. The summed E-state index contributed by atoms with van der Waals surface area (Å²) in [5.41, 5.74) is 1.85. The van der Waals surface area contributed by atoms with E-state index in [2.05, 4.69) is 33.2 Å². The number of benzene rings is 2. The number of aliphatic hydroxyl groups is 1. The topological polar surface area (TPSA) is 74.5 Å². The summed E-state index contributed by atoms with van der Waals surface area (Å²) in [6, 6.07) is 15.9.